The summed E-state index contributed by atoms with van der Waals surface area (Å²) in [6.07, 6.45) is 6.07. The van der Waals surface area contributed by atoms with Crippen molar-refractivity contribution in [3.8, 4) is 5.75 Å². The third kappa shape index (κ3) is 3.59. The second kappa shape index (κ2) is 8.33. The van der Waals surface area contributed by atoms with Gasteiger partial charge in [0, 0.05) is 36.2 Å². The first kappa shape index (κ1) is 21.7. The number of benzene rings is 2. The van der Waals surface area contributed by atoms with Crippen LogP contribution >= 0.6 is 0 Å². The third-order valence-corrected chi connectivity index (χ3v) is 8.64. The minimum absolute atomic E-state index is 0.0222. The van der Waals surface area contributed by atoms with Crippen LogP contribution in [0.5, 0.6) is 5.75 Å². The van der Waals surface area contributed by atoms with E-state index >= 15 is 0 Å². The van der Waals surface area contributed by atoms with Gasteiger partial charge < -0.3 is 15.2 Å². The Morgan fingerprint density at radius 1 is 1.12 bits per heavy atom. The largest absolute Gasteiger partial charge is 0.497 e. The van der Waals surface area contributed by atoms with E-state index in [9.17, 15) is 13.9 Å². The maximum absolute atomic E-state index is 14.5. The fraction of sp³-hybridized carbons (Fsp3) is 0.556. The monoisotopic (exact) mass is 441 g/mol. The Morgan fingerprint density at radius 3 is 2.62 bits per heavy atom. The van der Waals surface area contributed by atoms with Crippen molar-refractivity contribution in [2.45, 2.75) is 57.4 Å². The Balaban J connectivity index is 1.54. The number of rotatable bonds is 4. The van der Waals surface area contributed by atoms with Crippen LogP contribution in [-0.4, -0.2) is 24.9 Å². The molecule has 4 unspecified atom stereocenters. The molecule has 2 aliphatic carbocycles. The predicted octanol–water partition coefficient (Wildman–Crippen LogP) is 5.92. The van der Waals surface area contributed by atoms with Crippen LogP contribution < -0.4 is 10.1 Å². The summed E-state index contributed by atoms with van der Waals surface area (Å²) < 4.78 is 33.9. The SMILES string of the molecule is COc1ccc2c(c1)NC1C(CO)C(Cc3cc(F)ccc3F)CC3(CCC(C)CC3)C21. The van der Waals surface area contributed by atoms with Gasteiger partial charge in [-0.2, -0.15) is 0 Å². The summed E-state index contributed by atoms with van der Waals surface area (Å²) in [7, 11) is 1.67. The first-order chi connectivity index (χ1) is 15.4. The first-order valence-electron chi connectivity index (χ1n) is 11.9. The molecule has 2 fully saturated rings. The summed E-state index contributed by atoms with van der Waals surface area (Å²) in [6, 6.07) is 10.1. The van der Waals surface area contributed by atoms with Crippen molar-refractivity contribution in [2.24, 2.45) is 23.2 Å². The summed E-state index contributed by atoms with van der Waals surface area (Å²) in [5, 5.41) is 14.2. The van der Waals surface area contributed by atoms with Crippen LogP contribution in [0.4, 0.5) is 14.5 Å². The van der Waals surface area contributed by atoms with Gasteiger partial charge in [0.05, 0.1) is 7.11 Å². The van der Waals surface area contributed by atoms with Gasteiger partial charge in [0.25, 0.3) is 0 Å². The van der Waals surface area contributed by atoms with Gasteiger partial charge in [0.2, 0.25) is 0 Å². The predicted molar refractivity (Wildman–Crippen MR) is 122 cm³/mol. The Kier molecular flexibility index (Phi) is 5.65. The number of aliphatic hydroxyl groups is 1. The summed E-state index contributed by atoms with van der Waals surface area (Å²) in [4.78, 5) is 0. The molecule has 2 aromatic carbocycles. The van der Waals surface area contributed by atoms with E-state index in [1.807, 2.05) is 6.07 Å². The van der Waals surface area contributed by atoms with Gasteiger partial charge in [-0.05, 0) is 78.3 Å². The molecule has 2 saturated carbocycles. The van der Waals surface area contributed by atoms with Gasteiger partial charge >= 0.3 is 0 Å². The minimum atomic E-state index is -0.407. The maximum atomic E-state index is 14.5. The molecule has 3 nitrogen and oxygen atoms in total. The van der Waals surface area contributed by atoms with Crippen molar-refractivity contribution in [2.75, 3.05) is 19.0 Å². The smallest absolute Gasteiger partial charge is 0.126 e. The number of ether oxygens (including phenoxy) is 1. The summed E-state index contributed by atoms with van der Waals surface area (Å²) in [5.74, 6) is 1.17. The molecule has 0 aromatic heterocycles. The summed E-state index contributed by atoms with van der Waals surface area (Å²) in [5.41, 5.74) is 2.94. The molecule has 1 aliphatic heterocycles. The van der Waals surface area contributed by atoms with Gasteiger partial charge in [-0.15, -0.1) is 0 Å². The first-order valence-corrected chi connectivity index (χ1v) is 11.9. The number of methoxy groups -OCH3 is 1. The summed E-state index contributed by atoms with van der Waals surface area (Å²) in [6.45, 7) is 2.36. The van der Waals surface area contributed by atoms with Crippen molar-refractivity contribution in [1.29, 1.82) is 0 Å². The molecule has 3 aliphatic rings. The quantitative estimate of drug-likeness (QED) is 0.619. The molecule has 0 saturated heterocycles. The van der Waals surface area contributed by atoms with E-state index in [2.05, 4.69) is 24.4 Å². The number of halogens is 2. The molecule has 1 spiro atoms. The lowest BCUT2D eigenvalue weighted by Gasteiger charge is -2.54. The molecule has 0 amide bonds. The molecule has 1 heterocycles. The van der Waals surface area contributed by atoms with Gasteiger partial charge in [0.15, 0.2) is 0 Å². The minimum Gasteiger partial charge on any atom is -0.497 e. The van der Waals surface area contributed by atoms with Gasteiger partial charge in [-0.25, -0.2) is 8.78 Å². The van der Waals surface area contributed by atoms with Crippen LogP contribution in [0.1, 0.15) is 56.1 Å². The molecule has 172 valence electrons. The van der Waals surface area contributed by atoms with Crippen molar-refractivity contribution < 1.29 is 18.6 Å². The van der Waals surface area contributed by atoms with E-state index in [4.69, 9.17) is 4.74 Å². The van der Waals surface area contributed by atoms with Gasteiger partial charge in [0.1, 0.15) is 17.4 Å². The normalized spacial score (nSPS) is 33.5. The molecular weight excluding hydrogens is 408 g/mol. The summed E-state index contributed by atoms with van der Waals surface area (Å²) >= 11 is 0. The highest BCUT2D eigenvalue weighted by Gasteiger charge is 2.56. The molecule has 2 N–H and O–H groups in total. The van der Waals surface area contributed by atoms with E-state index in [0.717, 1.165) is 36.6 Å². The van der Waals surface area contributed by atoms with Crippen LogP contribution in [0.2, 0.25) is 0 Å². The number of hydrogen-bond acceptors (Lipinski definition) is 3. The highest BCUT2D eigenvalue weighted by molar-refractivity contribution is 5.63. The van der Waals surface area contributed by atoms with E-state index in [1.165, 1.54) is 36.6 Å². The highest BCUT2D eigenvalue weighted by Crippen LogP contribution is 2.63. The van der Waals surface area contributed by atoms with Crippen molar-refractivity contribution in [3.63, 3.8) is 0 Å². The number of hydrogen-bond donors (Lipinski definition) is 2. The molecule has 0 bridgehead atoms. The zero-order chi connectivity index (χ0) is 22.5. The van der Waals surface area contributed by atoms with Crippen LogP contribution in [0, 0.1) is 34.8 Å². The lowest BCUT2D eigenvalue weighted by Crippen LogP contribution is -2.52. The molecule has 32 heavy (non-hydrogen) atoms. The Morgan fingerprint density at radius 2 is 1.91 bits per heavy atom. The van der Waals surface area contributed by atoms with Crippen LogP contribution in [0.15, 0.2) is 36.4 Å². The van der Waals surface area contributed by atoms with E-state index in [1.54, 1.807) is 7.11 Å². The maximum Gasteiger partial charge on any atom is 0.126 e. The lowest BCUT2D eigenvalue weighted by molar-refractivity contribution is -0.00835. The zero-order valence-electron chi connectivity index (χ0n) is 18.9. The fourth-order valence-corrected chi connectivity index (χ4v) is 6.99. The number of nitrogens with one attached hydrogen (secondary N) is 1. The number of anilines is 1. The van der Waals surface area contributed by atoms with E-state index in [-0.39, 0.29) is 35.7 Å². The second-order valence-corrected chi connectivity index (χ2v) is 10.4. The standard InChI is InChI=1S/C27H33F2NO2/c1-16-7-9-27(10-8-16)14-18(11-17-12-19(28)3-6-23(17)29)22(15-31)26-25(27)21-5-4-20(32-2)13-24(21)30-26/h3-6,12-13,16,18,22,25-26,30-31H,7-11,14-15H2,1-2H3. The van der Waals surface area contributed by atoms with Crippen molar-refractivity contribution in [1.82, 2.24) is 0 Å². The van der Waals surface area contributed by atoms with Gasteiger partial charge in [-0.3, -0.25) is 0 Å². The molecule has 5 rings (SSSR count). The molecule has 4 atom stereocenters. The van der Waals surface area contributed by atoms with Crippen molar-refractivity contribution in [3.05, 3.63) is 59.2 Å². The van der Waals surface area contributed by atoms with Crippen LogP contribution in [-0.2, 0) is 6.42 Å². The zero-order valence-corrected chi connectivity index (χ0v) is 18.9. The fourth-order valence-electron chi connectivity index (χ4n) is 6.99. The molecule has 2 aromatic rings. The average Bonchev–Trinajstić information content (AvgIpc) is 3.18. The van der Waals surface area contributed by atoms with Crippen molar-refractivity contribution >= 4 is 5.69 Å². The average molecular weight is 442 g/mol. The van der Waals surface area contributed by atoms with E-state index in [0.29, 0.717) is 17.9 Å². The van der Waals surface area contributed by atoms with Gasteiger partial charge in [-0.1, -0.05) is 25.8 Å². The highest BCUT2D eigenvalue weighted by atomic mass is 19.1. The second-order valence-electron chi connectivity index (χ2n) is 10.4. The Bertz CT molecular complexity index is 986. The van der Waals surface area contributed by atoms with E-state index < -0.39 is 5.82 Å². The molecule has 0 radical (unpaired) electrons. The number of aliphatic hydroxyl groups excluding tert-OH is 1. The third-order valence-electron chi connectivity index (χ3n) is 8.64. The Labute approximate surface area is 189 Å². The van der Waals surface area contributed by atoms with Crippen LogP contribution in [0.3, 0.4) is 0 Å². The number of fused-ring (bicyclic) bond motifs is 4. The Hall–Kier alpha value is -2.14. The molecular formula is C27H33F2NO2. The molecule has 5 heteroatoms. The topological polar surface area (TPSA) is 41.5 Å². The van der Waals surface area contributed by atoms with Crippen LogP contribution in [0.25, 0.3) is 0 Å². The lowest BCUT2D eigenvalue weighted by atomic mass is 9.51.